The van der Waals surface area contributed by atoms with Gasteiger partial charge in [-0.15, -0.1) is 23.5 Å². The SMILES string of the molecule is CC(C)CC1SC(c2ccccn2)=C(c2ccccn2)S1. The third-order valence-electron chi connectivity index (χ3n) is 3.16. The Labute approximate surface area is 134 Å². The van der Waals surface area contributed by atoms with E-state index in [1.54, 1.807) is 0 Å². The highest BCUT2D eigenvalue weighted by molar-refractivity contribution is 8.29. The van der Waals surface area contributed by atoms with Gasteiger partial charge in [-0.2, -0.15) is 0 Å². The van der Waals surface area contributed by atoms with Gasteiger partial charge in [0.05, 0.1) is 16.0 Å². The van der Waals surface area contributed by atoms with Gasteiger partial charge in [-0.3, -0.25) is 9.97 Å². The van der Waals surface area contributed by atoms with Crippen LogP contribution in [0.3, 0.4) is 0 Å². The molecule has 0 fully saturated rings. The Morgan fingerprint density at radius 3 is 1.81 bits per heavy atom. The van der Waals surface area contributed by atoms with Crippen molar-refractivity contribution in [2.45, 2.75) is 24.9 Å². The number of hydrogen-bond acceptors (Lipinski definition) is 4. The van der Waals surface area contributed by atoms with Crippen LogP contribution in [-0.2, 0) is 0 Å². The summed E-state index contributed by atoms with van der Waals surface area (Å²) in [4.78, 5) is 11.6. The number of thioether (sulfide) groups is 2. The van der Waals surface area contributed by atoms with Crippen LogP contribution in [0.15, 0.2) is 48.8 Å². The van der Waals surface area contributed by atoms with Crippen molar-refractivity contribution < 1.29 is 0 Å². The minimum Gasteiger partial charge on any atom is -0.256 e. The van der Waals surface area contributed by atoms with E-state index in [0.29, 0.717) is 10.5 Å². The summed E-state index contributed by atoms with van der Waals surface area (Å²) in [6.45, 7) is 4.56. The monoisotopic (exact) mass is 314 g/mol. The molecule has 0 saturated heterocycles. The summed E-state index contributed by atoms with van der Waals surface area (Å²) >= 11 is 3.87. The molecule has 0 spiro atoms. The van der Waals surface area contributed by atoms with Gasteiger partial charge in [0.2, 0.25) is 0 Å². The standard InChI is InChI=1S/C17H18N2S2/c1-12(2)11-15-20-16(13-7-3-5-9-18-13)17(21-15)14-8-4-6-10-19-14/h3-10,12,15H,11H2,1-2H3. The van der Waals surface area contributed by atoms with Gasteiger partial charge >= 0.3 is 0 Å². The summed E-state index contributed by atoms with van der Waals surface area (Å²) in [7, 11) is 0. The topological polar surface area (TPSA) is 25.8 Å². The lowest BCUT2D eigenvalue weighted by Crippen LogP contribution is -1.98. The van der Waals surface area contributed by atoms with E-state index >= 15 is 0 Å². The van der Waals surface area contributed by atoms with Crippen molar-refractivity contribution in [2.24, 2.45) is 5.92 Å². The first-order valence-electron chi connectivity index (χ1n) is 7.14. The molecule has 2 aromatic rings. The smallest absolute Gasteiger partial charge is 0.0777 e. The predicted octanol–water partition coefficient (Wildman–Crippen LogP) is 5.15. The molecule has 0 aliphatic carbocycles. The Bertz CT molecular complexity index is 572. The zero-order valence-corrected chi connectivity index (χ0v) is 13.8. The van der Waals surface area contributed by atoms with Gasteiger partial charge in [0.25, 0.3) is 0 Å². The van der Waals surface area contributed by atoms with Crippen LogP contribution in [0.2, 0.25) is 0 Å². The van der Waals surface area contributed by atoms with Crippen LogP contribution in [0.4, 0.5) is 0 Å². The van der Waals surface area contributed by atoms with Crippen LogP contribution in [0.25, 0.3) is 9.81 Å². The quantitative estimate of drug-likeness (QED) is 0.779. The van der Waals surface area contributed by atoms with Gasteiger partial charge in [-0.05, 0) is 36.6 Å². The molecule has 108 valence electrons. The fraction of sp³-hybridized carbons (Fsp3) is 0.294. The molecule has 0 aromatic carbocycles. The molecule has 0 amide bonds. The Hall–Kier alpha value is -1.26. The Morgan fingerprint density at radius 2 is 1.43 bits per heavy atom. The first-order chi connectivity index (χ1) is 10.2. The molecule has 1 aliphatic rings. The summed E-state index contributed by atoms with van der Waals surface area (Å²) < 4.78 is 0.555. The summed E-state index contributed by atoms with van der Waals surface area (Å²) in [5.74, 6) is 0.697. The second-order valence-corrected chi connectivity index (χ2v) is 8.11. The van der Waals surface area contributed by atoms with Crippen LogP contribution in [0.5, 0.6) is 0 Å². The highest BCUT2D eigenvalue weighted by Crippen LogP contribution is 2.55. The predicted molar refractivity (Wildman–Crippen MR) is 93.7 cm³/mol. The van der Waals surface area contributed by atoms with E-state index in [9.17, 15) is 0 Å². The Morgan fingerprint density at radius 1 is 0.905 bits per heavy atom. The van der Waals surface area contributed by atoms with Gasteiger partial charge in [0, 0.05) is 22.2 Å². The lowest BCUT2D eigenvalue weighted by Gasteiger charge is -2.11. The van der Waals surface area contributed by atoms with E-state index in [1.807, 2.05) is 60.2 Å². The first kappa shape index (κ1) is 14.7. The molecule has 0 radical (unpaired) electrons. The van der Waals surface area contributed by atoms with E-state index in [1.165, 1.54) is 16.2 Å². The second-order valence-electron chi connectivity index (χ2n) is 5.38. The molecule has 0 bridgehead atoms. The van der Waals surface area contributed by atoms with Gasteiger partial charge in [-0.1, -0.05) is 26.0 Å². The third-order valence-corrected chi connectivity index (χ3v) is 6.08. The summed E-state index contributed by atoms with van der Waals surface area (Å²) in [5.41, 5.74) is 2.11. The van der Waals surface area contributed by atoms with E-state index < -0.39 is 0 Å². The largest absolute Gasteiger partial charge is 0.256 e. The maximum Gasteiger partial charge on any atom is 0.0777 e. The fourth-order valence-electron chi connectivity index (χ4n) is 2.22. The Balaban J connectivity index is 1.97. The zero-order valence-electron chi connectivity index (χ0n) is 12.2. The van der Waals surface area contributed by atoms with Crippen LogP contribution in [-0.4, -0.2) is 14.5 Å². The fourth-order valence-corrected chi connectivity index (χ4v) is 5.68. The molecule has 2 aromatic heterocycles. The van der Waals surface area contributed by atoms with Gasteiger partial charge in [-0.25, -0.2) is 0 Å². The highest BCUT2D eigenvalue weighted by atomic mass is 32.2. The number of hydrogen-bond donors (Lipinski definition) is 0. The summed E-state index contributed by atoms with van der Waals surface area (Å²) in [6.07, 6.45) is 4.92. The summed E-state index contributed by atoms with van der Waals surface area (Å²) in [6, 6.07) is 12.2. The molecular formula is C17H18N2S2. The van der Waals surface area contributed by atoms with Crippen molar-refractivity contribution in [1.29, 1.82) is 0 Å². The summed E-state index contributed by atoms with van der Waals surface area (Å²) in [5, 5.41) is 0. The highest BCUT2D eigenvalue weighted by Gasteiger charge is 2.29. The van der Waals surface area contributed by atoms with Crippen molar-refractivity contribution >= 4 is 33.3 Å². The first-order valence-corrected chi connectivity index (χ1v) is 8.90. The van der Waals surface area contributed by atoms with Crippen molar-refractivity contribution in [3.63, 3.8) is 0 Å². The molecule has 3 rings (SSSR count). The Kier molecular flexibility index (Phi) is 4.66. The van der Waals surface area contributed by atoms with Crippen molar-refractivity contribution in [3.8, 4) is 0 Å². The minimum absolute atomic E-state index is 0.555. The number of pyridine rings is 2. The zero-order chi connectivity index (χ0) is 14.7. The van der Waals surface area contributed by atoms with Crippen molar-refractivity contribution in [3.05, 3.63) is 60.2 Å². The van der Waals surface area contributed by atoms with Crippen molar-refractivity contribution in [1.82, 2.24) is 9.97 Å². The van der Waals surface area contributed by atoms with E-state index in [0.717, 1.165) is 11.4 Å². The third kappa shape index (κ3) is 3.50. The number of nitrogens with zero attached hydrogens (tertiary/aromatic N) is 2. The molecule has 2 nitrogen and oxygen atoms in total. The molecule has 0 atom stereocenters. The van der Waals surface area contributed by atoms with E-state index in [2.05, 4.69) is 35.9 Å². The lowest BCUT2D eigenvalue weighted by molar-refractivity contribution is 0.621. The molecule has 4 heteroatoms. The van der Waals surface area contributed by atoms with E-state index in [4.69, 9.17) is 0 Å². The maximum absolute atomic E-state index is 4.53. The van der Waals surface area contributed by atoms with Crippen LogP contribution in [0.1, 0.15) is 31.7 Å². The van der Waals surface area contributed by atoms with E-state index in [-0.39, 0.29) is 0 Å². The van der Waals surface area contributed by atoms with Crippen LogP contribution in [0, 0.1) is 5.92 Å². The van der Waals surface area contributed by atoms with Crippen LogP contribution >= 0.6 is 23.5 Å². The average Bonchev–Trinajstić information content (AvgIpc) is 2.92. The average molecular weight is 314 g/mol. The molecule has 0 N–H and O–H groups in total. The molecule has 3 heterocycles. The number of rotatable bonds is 4. The minimum atomic E-state index is 0.555. The molecular weight excluding hydrogens is 296 g/mol. The van der Waals surface area contributed by atoms with Crippen molar-refractivity contribution in [2.75, 3.05) is 0 Å². The normalized spacial score (nSPS) is 16.0. The van der Waals surface area contributed by atoms with Gasteiger partial charge in [0.1, 0.15) is 0 Å². The maximum atomic E-state index is 4.53. The number of aromatic nitrogens is 2. The van der Waals surface area contributed by atoms with Gasteiger partial charge in [0.15, 0.2) is 0 Å². The molecule has 1 aliphatic heterocycles. The van der Waals surface area contributed by atoms with Gasteiger partial charge < -0.3 is 0 Å². The molecule has 0 saturated carbocycles. The molecule has 21 heavy (non-hydrogen) atoms. The molecule has 0 unspecified atom stereocenters. The van der Waals surface area contributed by atoms with Crippen LogP contribution < -0.4 is 0 Å². The lowest BCUT2D eigenvalue weighted by atomic mass is 10.2. The second kappa shape index (κ2) is 6.67.